The van der Waals surface area contributed by atoms with Crippen LogP contribution in [0.15, 0.2) is 12.1 Å². The van der Waals surface area contributed by atoms with Crippen molar-refractivity contribution in [3.8, 4) is 11.5 Å². The van der Waals surface area contributed by atoms with Crippen molar-refractivity contribution in [1.82, 2.24) is 4.98 Å². The summed E-state index contributed by atoms with van der Waals surface area (Å²) >= 11 is 6.26. The van der Waals surface area contributed by atoms with E-state index in [2.05, 4.69) is 4.98 Å². The normalized spacial score (nSPS) is 10.6. The van der Waals surface area contributed by atoms with E-state index in [0.717, 1.165) is 6.42 Å². The fraction of sp³-hybridized carbons (Fsp3) is 0.409. The second kappa shape index (κ2) is 10.3. The standard InChI is InChI=1S/C22H26ClNO6/c1-6-8-29-21-16(23)9-15(10-18(21)28-7-2)22(27)30-11-17(26)20-12(3)19(14(5)25)13(4)24-20/h9-10,24H,6-8,11H2,1-5H3. The van der Waals surface area contributed by atoms with Crippen LogP contribution in [0, 0.1) is 13.8 Å². The summed E-state index contributed by atoms with van der Waals surface area (Å²) in [6, 6.07) is 2.89. The fourth-order valence-corrected chi connectivity index (χ4v) is 3.40. The molecule has 0 amide bonds. The smallest absolute Gasteiger partial charge is 0.338 e. The number of hydrogen-bond donors (Lipinski definition) is 1. The number of aromatic nitrogens is 1. The lowest BCUT2D eigenvalue weighted by molar-refractivity contribution is 0.0473. The molecule has 0 aliphatic heterocycles. The molecule has 0 bridgehead atoms. The van der Waals surface area contributed by atoms with Gasteiger partial charge in [0.05, 0.1) is 29.5 Å². The van der Waals surface area contributed by atoms with Crippen molar-refractivity contribution in [2.75, 3.05) is 19.8 Å². The summed E-state index contributed by atoms with van der Waals surface area (Å²) in [6.07, 6.45) is 0.788. The van der Waals surface area contributed by atoms with Crippen molar-refractivity contribution in [1.29, 1.82) is 0 Å². The third-order valence-corrected chi connectivity index (χ3v) is 4.68. The van der Waals surface area contributed by atoms with E-state index in [4.69, 9.17) is 25.8 Å². The summed E-state index contributed by atoms with van der Waals surface area (Å²) < 4.78 is 16.3. The van der Waals surface area contributed by atoms with Gasteiger partial charge in [-0.2, -0.15) is 0 Å². The Labute approximate surface area is 180 Å². The third-order valence-electron chi connectivity index (χ3n) is 4.40. The highest BCUT2D eigenvalue weighted by Crippen LogP contribution is 2.37. The van der Waals surface area contributed by atoms with Gasteiger partial charge in [-0.25, -0.2) is 4.79 Å². The first kappa shape index (κ1) is 23.5. The molecule has 0 atom stereocenters. The summed E-state index contributed by atoms with van der Waals surface area (Å²) in [6.45, 7) is 8.93. The van der Waals surface area contributed by atoms with Gasteiger partial charge in [0.2, 0.25) is 5.78 Å². The van der Waals surface area contributed by atoms with E-state index in [1.807, 2.05) is 6.92 Å². The van der Waals surface area contributed by atoms with Crippen LogP contribution in [0.2, 0.25) is 5.02 Å². The molecule has 0 saturated heterocycles. The minimum absolute atomic E-state index is 0.138. The molecule has 0 aliphatic carbocycles. The average Bonchev–Trinajstić information content (AvgIpc) is 2.99. The highest BCUT2D eigenvalue weighted by Gasteiger charge is 2.22. The molecule has 0 aliphatic rings. The Kier molecular flexibility index (Phi) is 8.06. The topological polar surface area (TPSA) is 94.7 Å². The zero-order chi connectivity index (χ0) is 22.4. The number of halogens is 1. The number of ether oxygens (including phenoxy) is 3. The van der Waals surface area contributed by atoms with E-state index in [0.29, 0.717) is 41.5 Å². The van der Waals surface area contributed by atoms with Gasteiger partial charge >= 0.3 is 5.97 Å². The number of benzene rings is 1. The van der Waals surface area contributed by atoms with Gasteiger partial charge in [-0.3, -0.25) is 9.59 Å². The molecule has 0 radical (unpaired) electrons. The van der Waals surface area contributed by atoms with Crippen LogP contribution in [0.25, 0.3) is 0 Å². The Hall–Kier alpha value is -2.80. The maximum Gasteiger partial charge on any atom is 0.338 e. The maximum atomic E-state index is 12.5. The van der Waals surface area contributed by atoms with E-state index in [1.54, 1.807) is 20.8 Å². The number of esters is 1. The fourth-order valence-electron chi connectivity index (χ4n) is 3.14. The molecule has 2 rings (SSSR count). The largest absolute Gasteiger partial charge is 0.490 e. The molecule has 1 heterocycles. The second-order valence-electron chi connectivity index (χ2n) is 6.75. The molecule has 0 fully saturated rings. The Morgan fingerprint density at radius 1 is 1.10 bits per heavy atom. The molecule has 0 spiro atoms. The lowest BCUT2D eigenvalue weighted by Gasteiger charge is -2.14. The van der Waals surface area contributed by atoms with Gasteiger partial charge in [0.15, 0.2) is 23.9 Å². The number of rotatable bonds is 10. The number of carbonyl (C=O) groups is 3. The van der Waals surface area contributed by atoms with Crippen LogP contribution in [0.3, 0.4) is 0 Å². The van der Waals surface area contributed by atoms with Gasteiger partial charge in [-0.1, -0.05) is 18.5 Å². The summed E-state index contributed by atoms with van der Waals surface area (Å²) in [4.78, 5) is 39.6. The number of ketones is 2. The van der Waals surface area contributed by atoms with E-state index in [-0.39, 0.29) is 22.1 Å². The average molecular weight is 436 g/mol. The molecule has 8 heteroatoms. The van der Waals surface area contributed by atoms with Crippen LogP contribution < -0.4 is 9.47 Å². The minimum Gasteiger partial charge on any atom is -0.490 e. The highest BCUT2D eigenvalue weighted by atomic mass is 35.5. The predicted molar refractivity (Wildman–Crippen MR) is 113 cm³/mol. The van der Waals surface area contributed by atoms with Crippen LogP contribution in [0.1, 0.15) is 69.7 Å². The van der Waals surface area contributed by atoms with Gasteiger partial charge in [0.1, 0.15) is 0 Å². The number of H-pyrrole nitrogens is 1. The number of carbonyl (C=O) groups excluding carboxylic acids is 3. The summed E-state index contributed by atoms with van der Waals surface area (Å²) in [5, 5.41) is 0.217. The molecule has 7 nitrogen and oxygen atoms in total. The quantitative estimate of drug-likeness (QED) is 0.428. The SMILES string of the molecule is CCCOc1c(Cl)cc(C(=O)OCC(=O)c2[nH]c(C)c(C(C)=O)c2C)cc1OCC. The summed E-state index contributed by atoms with van der Waals surface area (Å²) in [5.74, 6) is -0.599. The van der Waals surface area contributed by atoms with Crippen molar-refractivity contribution in [2.24, 2.45) is 0 Å². The lowest BCUT2D eigenvalue weighted by Crippen LogP contribution is -2.16. The van der Waals surface area contributed by atoms with Crippen LogP contribution >= 0.6 is 11.6 Å². The number of Topliss-reactive ketones (excluding diaryl/α,β-unsaturated/α-hetero) is 2. The van der Waals surface area contributed by atoms with Crippen LogP contribution in [-0.2, 0) is 4.74 Å². The van der Waals surface area contributed by atoms with Gasteiger partial charge in [0.25, 0.3) is 0 Å². The van der Waals surface area contributed by atoms with Crippen LogP contribution in [0.4, 0.5) is 0 Å². The number of hydrogen-bond acceptors (Lipinski definition) is 6. The monoisotopic (exact) mass is 435 g/mol. The molecule has 1 aromatic heterocycles. The van der Waals surface area contributed by atoms with Gasteiger partial charge < -0.3 is 19.2 Å². The maximum absolute atomic E-state index is 12.5. The van der Waals surface area contributed by atoms with Crippen LogP contribution in [0.5, 0.6) is 11.5 Å². The molecule has 1 N–H and O–H groups in total. The minimum atomic E-state index is -0.721. The Balaban J connectivity index is 2.17. The Morgan fingerprint density at radius 3 is 2.37 bits per heavy atom. The van der Waals surface area contributed by atoms with E-state index < -0.39 is 18.4 Å². The zero-order valence-corrected chi connectivity index (χ0v) is 18.6. The van der Waals surface area contributed by atoms with Crippen LogP contribution in [-0.4, -0.2) is 42.3 Å². The first-order chi connectivity index (χ1) is 14.2. The van der Waals surface area contributed by atoms with Crippen molar-refractivity contribution in [2.45, 2.75) is 41.0 Å². The Bertz CT molecular complexity index is 963. The molecular weight excluding hydrogens is 410 g/mol. The number of aryl methyl sites for hydroxylation is 1. The molecule has 2 aromatic rings. The summed E-state index contributed by atoms with van der Waals surface area (Å²) in [7, 11) is 0. The van der Waals surface area contributed by atoms with Crippen molar-refractivity contribution < 1.29 is 28.6 Å². The van der Waals surface area contributed by atoms with Crippen molar-refractivity contribution in [3.63, 3.8) is 0 Å². The molecule has 0 saturated carbocycles. The van der Waals surface area contributed by atoms with Gasteiger partial charge in [-0.05, 0) is 51.8 Å². The third kappa shape index (κ3) is 5.21. The number of aromatic amines is 1. The summed E-state index contributed by atoms with van der Waals surface area (Å²) in [5.41, 5.74) is 2.01. The van der Waals surface area contributed by atoms with Gasteiger partial charge in [-0.15, -0.1) is 0 Å². The van der Waals surface area contributed by atoms with E-state index >= 15 is 0 Å². The first-order valence-corrected chi connectivity index (χ1v) is 10.1. The first-order valence-electron chi connectivity index (χ1n) is 9.70. The van der Waals surface area contributed by atoms with Crippen molar-refractivity contribution >= 4 is 29.1 Å². The Morgan fingerprint density at radius 2 is 1.80 bits per heavy atom. The molecular formula is C22H26ClNO6. The predicted octanol–water partition coefficient (Wildman–Crippen LogP) is 4.71. The van der Waals surface area contributed by atoms with Crippen molar-refractivity contribution in [3.05, 3.63) is 45.2 Å². The second-order valence-corrected chi connectivity index (χ2v) is 7.15. The highest BCUT2D eigenvalue weighted by molar-refractivity contribution is 6.32. The molecule has 162 valence electrons. The molecule has 30 heavy (non-hydrogen) atoms. The zero-order valence-electron chi connectivity index (χ0n) is 17.8. The number of nitrogens with one attached hydrogen (secondary N) is 1. The molecule has 0 unspecified atom stereocenters. The van der Waals surface area contributed by atoms with E-state index in [9.17, 15) is 14.4 Å². The molecule has 1 aromatic carbocycles. The van der Waals surface area contributed by atoms with E-state index in [1.165, 1.54) is 19.1 Å². The van der Waals surface area contributed by atoms with Gasteiger partial charge in [0, 0.05) is 11.3 Å². The lowest BCUT2D eigenvalue weighted by atomic mass is 10.1.